The summed E-state index contributed by atoms with van der Waals surface area (Å²) >= 11 is 0. The van der Waals surface area contributed by atoms with Crippen molar-refractivity contribution in [2.24, 2.45) is 0 Å². The average molecular weight is 310 g/mol. The van der Waals surface area contributed by atoms with Gasteiger partial charge in [0.15, 0.2) is 0 Å². The second-order valence-electron chi connectivity index (χ2n) is 4.74. The molecule has 0 fully saturated rings. The molecule has 0 amide bonds. The van der Waals surface area contributed by atoms with Gasteiger partial charge in [-0.25, -0.2) is 13.1 Å². The van der Waals surface area contributed by atoms with E-state index in [4.69, 9.17) is 9.63 Å². The van der Waals surface area contributed by atoms with E-state index in [9.17, 15) is 8.42 Å². The van der Waals surface area contributed by atoms with Gasteiger partial charge in [0.05, 0.1) is 10.6 Å². The fraction of sp³-hybridized carbons (Fsp3) is 0.357. The second kappa shape index (κ2) is 6.38. The minimum atomic E-state index is -3.58. The monoisotopic (exact) mass is 310 g/mol. The van der Waals surface area contributed by atoms with Crippen LogP contribution in [0.4, 0.5) is 0 Å². The van der Waals surface area contributed by atoms with Crippen LogP contribution in [-0.2, 0) is 23.0 Å². The molecule has 21 heavy (non-hydrogen) atoms. The molecule has 0 saturated heterocycles. The smallest absolute Gasteiger partial charge is 0.240 e. The molecule has 0 spiro atoms. The number of nitrogens with one attached hydrogen (secondary N) is 1. The molecule has 0 aliphatic heterocycles. The lowest BCUT2D eigenvalue weighted by Gasteiger charge is -2.07. The van der Waals surface area contributed by atoms with E-state index in [-0.39, 0.29) is 18.0 Å². The molecular weight excluding hydrogens is 292 g/mol. The van der Waals surface area contributed by atoms with Crippen molar-refractivity contribution in [3.8, 4) is 0 Å². The first-order valence-electron chi connectivity index (χ1n) is 6.55. The van der Waals surface area contributed by atoms with Crippen molar-refractivity contribution in [2.75, 3.05) is 6.61 Å². The summed E-state index contributed by atoms with van der Waals surface area (Å²) in [6, 6.07) is 6.45. The largest absolute Gasteiger partial charge is 0.396 e. The van der Waals surface area contributed by atoms with Gasteiger partial charge in [0, 0.05) is 18.7 Å². The number of hydrogen-bond donors (Lipinski definition) is 2. The predicted molar refractivity (Wildman–Crippen MR) is 77.2 cm³/mol. The lowest BCUT2D eigenvalue weighted by Crippen LogP contribution is -2.23. The van der Waals surface area contributed by atoms with E-state index in [0.29, 0.717) is 17.9 Å². The molecule has 0 aliphatic rings. The van der Waals surface area contributed by atoms with Crippen molar-refractivity contribution in [3.63, 3.8) is 0 Å². The van der Waals surface area contributed by atoms with Crippen LogP contribution in [0, 0.1) is 13.8 Å². The van der Waals surface area contributed by atoms with Gasteiger partial charge in [0.1, 0.15) is 5.76 Å². The molecule has 2 aromatic rings. The Bertz CT molecular complexity index is 686. The Morgan fingerprint density at radius 1 is 1.24 bits per heavy atom. The Kier molecular flexibility index (Phi) is 4.76. The Hall–Kier alpha value is -1.70. The molecular formula is C14H18N2O4S. The number of aliphatic hydroxyl groups is 1. The summed E-state index contributed by atoms with van der Waals surface area (Å²) < 4.78 is 31.9. The van der Waals surface area contributed by atoms with Crippen LogP contribution in [0.1, 0.15) is 22.6 Å². The molecule has 7 heteroatoms. The lowest BCUT2D eigenvalue weighted by molar-refractivity contribution is 0.299. The van der Waals surface area contributed by atoms with Crippen molar-refractivity contribution in [1.29, 1.82) is 0 Å². The maximum absolute atomic E-state index is 12.2. The maximum Gasteiger partial charge on any atom is 0.240 e. The number of rotatable bonds is 6. The van der Waals surface area contributed by atoms with Gasteiger partial charge in [-0.3, -0.25) is 0 Å². The highest BCUT2D eigenvalue weighted by molar-refractivity contribution is 7.89. The van der Waals surface area contributed by atoms with Gasteiger partial charge in [-0.2, -0.15) is 0 Å². The van der Waals surface area contributed by atoms with Crippen molar-refractivity contribution >= 4 is 10.0 Å². The summed E-state index contributed by atoms with van der Waals surface area (Å²) in [6.45, 7) is 3.69. The first-order chi connectivity index (χ1) is 9.94. The molecule has 1 aromatic heterocycles. The first-order valence-corrected chi connectivity index (χ1v) is 8.03. The first kappa shape index (κ1) is 15.7. The molecule has 0 aliphatic carbocycles. The normalized spacial score (nSPS) is 11.8. The SMILES string of the molecule is Cc1noc(C)c1CNS(=O)(=O)c1ccc(CCO)cc1. The van der Waals surface area contributed by atoms with Crippen molar-refractivity contribution in [1.82, 2.24) is 9.88 Å². The van der Waals surface area contributed by atoms with E-state index < -0.39 is 10.0 Å². The molecule has 0 saturated carbocycles. The van der Waals surface area contributed by atoms with Gasteiger partial charge in [0.2, 0.25) is 10.0 Å². The highest BCUT2D eigenvalue weighted by Gasteiger charge is 2.16. The molecule has 2 rings (SSSR count). The Balaban J connectivity index is 2.11. The predicted octanol–water partition coefficient (Wildman–Crippen LogP) is 1.30. The molecule has 0 unspecified atom stereocenters. The van der Waals surface area contributed by atoms with Crippen molar-refractivity contribution in [3.05, 3.63) is 46.8 Å². The highest BCUT2D eigenvalue weighted by Crippen LogP contribution is 2.15. The summed E-state index contributed by atoms with van der Waals surface area (Å²) in [6.07, 6.45) is 0.507. The van der Waals surface area contributed by atoms with E-state index in [0.717, 1.165) is 11.1 Å². The number of aryl methyl sites for hydroxylation is 2. The molecule has 1 heterocycles. The third-order valence-electron chi connectivity index (χ3n) is 3.25. The molecule has 0 bridgehead atoms. The highest BCUT2D eigenvalue weighted by atomic mass is 32.2. The van der Waals surface area contributed by atoms with Crippen LogP contribution in [0.3, 0.4) is 0 Å². The average Bonchev–Trinajstić information content (AvgIpc) is 2.77. The fourth-order valence-electron chi connectivity index (χ4n) is 1.97. The van der Waals surface area contributed by atoms with Crippen LogP contribution in [-0.4, -0.2) is 25.3 Å². The minimum Gasteiger partial charge on any atom is -0.396 e. The number of nitrogens with zero attached hydrogens (tertiary/aromatic N) is 1. The second-order valence-corrected chi connectivity index (χ2v) is 6.51. The molecule has 1 aromatic carbocycles. The minimum absolute atomic E-state index is 0.0381. The quantitative estimate of drug-likeness (QED) is 0.839. The number of aromatic nitrogens is 1. The number of benzene rings is 1. The van der Waals surface area contributed by atoms with Crippen LogP contribution in [0.5, 0.6) is 0 Å². The van der Waals surface area contributed by atoms with Gasteiger partial charge < -0.3 is 9.63 Å². The van der Waals surface area contributed by atoms with Crippen LogP contribution in [0.15, 0.2) is 33.7 Å². The Morgan fingerprint density at radius 2 is 1.90 bits per heavy atom. The maximum atomic E-state index is 12.2. The zero-order valence-electron chi connectivity index (χ0n) is 12.0. The Labute approximate surface area is 123 Å². The van der Waals surface area contributed by atoms with Crippen LogP contribution in [0.25, 0.3) is 0 Å². The summed E-state index contributed by atoms with van der Waals surface area (Å²) in [4.78, 5) is 0.191. The van der Waals surface area contributed by atoms with Crippen LogP contribution in [0.2, 0.25) is 0 Å². The Morgan fingerprint density at radius 3 is 2.43 bits per heavy atom. The standard InChI is InChI=1S/C14H18N2O4S/c1-10-14(11(2)20-16-10)9-15-21(18,19)13-5-3-12(4-6-13)7-8-17/h3-6,15,17H,7-9H2,1-2H3. The van der Waals surface area contributed by atoms with Gasteiger partial charge in [-0.15, -0.1) is 0 Å². The topological polar surface area (TPSA) is 92.4 Å². The van der Waals surface area contributed by atoms with Gasteiger partial charge >= 0.3 is 0 Å². The number of aliphatic hydroxyl groups excluding tert-OH is 1. The molecule has 6 nitrogen and oxygen atoms in total. The molecule has 0 atom stereocenters. The van der Waals surface area contributed by atoms with Crippen LogP contribution >= 0.6 is 0 Å². The number of hydrogen-bond acceptors (Lipinski definition) is 5. The van der Waals surface area contributed by atoms with Crippen LogP contribution < -0.4 is 4.72 Å². The summed E-state index contributed by atoms with van der Waals surface area (Å²) in [7, 11) is -3.58. The van der Waals surface area contributed by atoms with Gasteiger partial charge in [0.25, 0.3) is 0 Å². The van der Waals surface area contributed by atoms with E-state index in [1.54, 1.807) is 26.0 Å². The zero-order chi connectivity index (χ0) is 15.5. The molecule has 2 N–H and O–H groups in total. The third-order valence-corrected chi connectivity index (χ3v) is 4.67. The van der Waals surface area contributed by atoms with E-state index in [1.807, 2.05) is 0 Å². The summed E-state index contributed by atoms with van der Waals surface area (Å²) in [5.74, 6) is 0.605. The van der Waals surface area contributed by atoms with Gasteiger partial charge in [-0.05, 0) is 38.0 Å². The fourth-order valence-corrected chi connectivity index (χ4v) is 2.96. The third kappa shape index (κ3) is 3.69. The van der Waals surface area contributed by atoms with Crippen molar-refractivity contribution in [2.45, 2.75) is 31.7 Å². The summed E-state index contributed by atoms with van der Waals surface area (Å²) in [5.41, 5.74) is 2.31. The van der Waals surface area contributed by atoms with Gasteiger partial charge in [-0.1, -0.05) is 17.3 Å². The molecule has 0 radical (unpaired) electrons. The summed E-state index contributed by atoms with van der Waals surface area (Å²) in [5, 5.41) is 12.6. The lowest BCUT2D eigenvalue weighted by atomic mass is 10.2. The van der Waals surface area contributed by atoms with E-state index in [1.165, 1.54) is 12.1 Å². The van der Waals surface area contributed by atoms with E-state index >= 15 is 0 Å². The number of sulfonamides is 1. The molecule has 114 valence electrons. The zero-order valence-corrected chi connectivity index (χ0v) is 12.8. The van der Waals surface area contributed by atoms with Crippen molar-refractivity contribution < 1.29 is 18.0 Å². The van der Waals surface area contributed by atoms with E-state index in [2.05, 4.69) is 9.88 Å².